The highest BCUT2D eigenvalue weighted by Crippen LogP contribution is 2.28. The summed E-state index contributed by atoms with van der Waals surface area (Å²) in [4.78, 5) is 77.5. The molecule has 0 aliphatic carbocycles. The van der Waals surface area contributed by atoms with Crippen molar-refractivity contribution < 1.29 is 24.3 Å². The van der Waals surface area contributed by atoms with Gasteiger partial charge in [0.1, 0.15) is 5.69 Å². The van der Waals surface area contributed by atoms with E-state index in [-0.39, 0.29) is 33.6 Å². The van der Waals surface area contributed by atoms with Gasteiger partial charge < -0.3 is 15.4 Å². The minimum atomic E-state index is -1.25. The summed E-state index contributed by atoms with van der Waals surface area (Å²) in [6.45, 7) is 0. The third kappa shape index (κ3) is 3.52. The Morgan fingerprint density at radius 2 is 1.69 bits per heavy atom. The molecule has 160 valence electrons. The van der Waals surface area contributed by atoms with Crippen LogP contribution in [-0.2, 0) is 0 Å². The number of benzene rings is 2. The Labute approximate surface area is 185 Å². The van der Waals surface area contributed by atoms with Crippen LogP contribution in [0, 0.1) is 0 Å². The Hall–Kier alpha value is -4.32. The maximum atomic E-state index is 12.8. The van der Waals surface area contributed by atoms with Gasteiger partial charge in [-0.1, -0.05) is 15.9 Å². The highest BCUT2D eigenvalue weighted by atomic mass is 79.9. The summed E-state index contributed by atoms with van der Waals surface area (Å²) in [5, 5.41) is 11.8. The average molecular weight is 499 g/mol. The molecule has 4 N–H and O–H groups in total. The van der Waals surface area contributed by atoms with Gasteiger partial charge in [-0.3, -0.25) is 24.2 Å². The number of nitrogens with zero attached hydrogens (tertiary/aromatic N) is 1. The van der Waals surface area contributed by atoms with E-state index in [0.29, 0.717) is 9.37 Å². The van der Waals surface area contributed by atoms with Crippen LogP contribution < -0.4 is 21.5 Å². The van der Waals surface area contributed by atoms with Crippen LogP contribution in [0.2, 0.25) is 0 Å². The third-order valence-electron chi connectivity index (χ3n) is 4.65. The third-order valence-corrected chi connectivity index (χ3v) is 5.14. The van der Waals surface area contributed by atoms with E-state index in [2.05, 4.69) is 26.2 Å². The van der Waals surface area contributed by atoms with Crippen LogP contribution >= 0.6 is 15.9 Å². The van der Waals surface area contributed by atoms with E-state index in [0.717, 1.165) is 6.20 Å². The van der Waals surface area contributed by atoms with Crippen LogP contribution in [0.3, 0.4) is 0 Å². The monoisotopic (exact) mass is 498 g/mol. The minimum Gasteiger partial charge on any atom is -0.478 e. The van der Waals surface area contributed by atoms with E-state index in [1.54, 1.807) is 6.07 Å². The molecule has 4 rings (SSSR count). The normalized spacial score (nSPS) is 12.6. The van der Waals surface area contributed by atoms with Crippen molar-refractivity contribution in [2.45, 2.75) is 0 Å². The number of amides is 3. The number of hydrogen-bond donors (Lipinski definition) is 4. The van der Waals surface area contributed by atoms with Gasteiger partial charge >= 0.3 is 11.7 Å². The number of carboxylic acid groups (broad SMARTS) is 1. The van der Waals surface area contributed by atoms with Gasteiger partial charge in [-0.05, 0) is 36.4 Å². The van der Waals surface area contributed by atoms with Gasteiger partial charge in [0.2, 0.25) is 0 Å². The lowest BCUT2D eigenvalue weighted by atomic mass is 10.0. The highest BCUT2D eigenvalue weighted by molar-refractivity contribution is 9.10. The molecule has 1 aromatic heterocycles. The van der Waals surface area contributed by atoms with Gasteiger partial charge in [0.25, 0.3) is 23.3 Å². The molecule has 0 bridgehead atoms. The highest BCUT2D eigenvalue weighted by Gasteiger charge is 2.38. The molecule has 3 aromatic rings. The second-order valence-corrected chi connectivity index (χ2v) is 7.53. The lowest BCUT2D eigenvalue weighted by Gasteiger charge is -2.11. The summed E-state index contributed by atoms with van der Waals surface area (Å²) in [6.07, 6.45) is 0.942. The fourth-order valence-electron chi connectivity index (χ4n) is 3.17. The molecule has 0 unspecified atom stereocenters. The molecule has 11 nitrogen and oxygen atoms in total. The smallest absolute Gasteiger partial charge is 0.337 e. The molecule has 1 aliphatic rings. The van der Waals surface area contributed by atoms with E-state index >= 15 is 0 Å². The van der Waals surface area contributed by atoms with Crippen LogP contribution in [0.5, 0.6) is 0 Å². The Bertz CT molecular complexity index is 1460. The van der Waals surface area contributed by atoms with E-state index in [1.807, 2.05) is 4.98 Å². The standard InChI is InChI=1S/C20H11BrN4O7/c21-9-2-4-13(12(6-9)19(30)31)23-15(26)8-1-3-10-11(5-8)18(29)25(17(10)28)14-7-22-20(32)24-16(14)27/h1-7H,(H,23,26)(H,30,31)(H2,22,24,27,32). The second-order valence-electron chi connectivity index (χ2n) is 6.61. The SMILES string of the molecule is O=C(Nc1ccc(Br)cc1C(=O)O)c1ccc2c(c1)C(=O)N(c1c[nH]c(=O)[nH]c1=O)C2=O. The summed E-state index contributed by atoms with van der Waals surface area (Å²) >= 11 is 3.16. The number of anilines is 2. The molecule has 0 saturated heterocycles. The Kier molecular flexibility index (Phi) is 5.06. The van der Waals surface area contributed by atoms with Crippen molar-refractivity contribution in [3.8, 4) is 0 Å². The fourth-order valence-corrected chi connectivity index (χ4v) is 3.53. The number of aromatic carboxylic acids is 1. The molecular weight excluding hydrogens is 488 g/mol. The van der Waals surface area contributed by atoms with E-state index in [1.165, 1.54) is 30.3 Å². The molecule has 3 amide bonds. The number of carboxylic acids is 1. The first kappa shape index (κ1) is 20.9. The van der Waals surface area contributed by atoms with Crippen molar-refractivity contribution in [2.75, 3.05) is 10.2 Å². The lowest BCUT2D eigenvalue weighted by molar-refractivity contribution is 0.0697. The maximum absolute atomic E-state index is 12.8. The van der Waals surface area contributed by atoms with Crippen molar-refractivity contribution in [2.24, 2.45) is 0 Å². The van der Waals surface area contributed by atoms with Crippen LogP contribution in [-0.4, -0.2) is 38.8 Å². The van der Waals surface area contributed by atoms with Gasteiger partial charge in [0, 0.05) is 16.2 Å². The number of imide groups is 1. The van der Waals surface area contributed by atoms with Crippen LogP contribution in [0.15, 0.2) is 56.7 Å². The van der Waals surface area contributed by atoms with E-state index in [4.69, 9.17) is 0 Å². The molecule has 12 heteroatoms. The lowest BCUT2D eigenvalue weighted by Crippen LogP contribution is -2.36. The summed E-state index contributed by atoms with van der Waals surface area (Å²) in [7, 11) is 0. The largest absolute Gasteiger partial charge is 0.478 e. The zero-order valence-electron chi connectivity index (χ0n) is 15.8. The number of halogens is 1. The first-order chi connectivity index (χ1) is 15.2. The topological polar surface area (TPSA) is 169 Å². The number of fused-ring (bicyclic) bond motifs is 1. The van der Waals surface area contributed by atoms with Crippen molar-refractivity contribution in [1.29, 1.82) is 0 Å². The van der Waals surface area contributed by atoms with Gasteiger partial charge in [-0.15, -0.1) is 0 Å². The van der Waals surface area contributed by atoms with Gasteiger partial charge in [-0.2, -0.15) is 0 Å². The van der Waals surface area contributed by atoms with Gasteiger partial charge in [0.15, 0.2) is 0 Å². The molecule has 0 radical (unpaired) electrons. The molecule has 2 heterocycles. The number of carbonyl (C=O) groups excluding carboxylic acids is 3. The fraction of sp³-hybridized carbons (Fsp3) is 0. The number of carbonyl (C=O) groups is 4. The second kappa shape index (κ2) is 7.74. The van der Waals surface area contributed by atoms with Crippen molar-refractivity contribution in [3.05, 3.63) is 90.2 Å². The van der Waals surface area contributed by atoms with Crippen molar-refractivity contribution >= 4 is 51.0 Å². The average Bonchev–Trinajstić information content (AvgIpc) is 2.99. The number of aromatic nitrogens is 2. The number of aromatic amines is 2. The number of rotatable bonds is 4. The number of nitrogens with one attached hydrogen (secondary N) is 3. The van der Waals surface area contributed by atoms with Gasteiger partial charge in [0.05, 0.1) is 22.4 Å². The predicted molar refractivity (Wildman–Crippen MR) is 114 cm³/mol. The van der Waals surface area contributed by atoms with E-state index < -0.39 is 34.9 Å². The van der Waals surface area contributed by atoms with Gasteiger partial charge in [-0.25, -0.2) is 14.5 Å². The Morgan fingerprint density at radius 3 is 2.38 bits per heavy atom. The van der Waals surface area contributed by atoms with Crippen molar-refractivity contribution in [1.82, 2.24) is 9.97 Å². The first-order valence-corrected chi connectivity index (χ1v) is 9.65. The molecule has 32 heavy (non-hydrogen) atoms. The summed E-state index contributed by atoms with van der Waals surface area (Å²) in [5.41, 5.74) is -2.39. The molecular formula is C20H11BrN4O7. The number of hydrogen-bond acceptors (Lipinski definition) is 6. The molecule has 0 spiro atoms. The first-order valence-electron chi connectivity index (χ1n) is 8.86. The maximum Gasteiger partial charge on any atom is 0.337 e. The molecule has 0 saturated carbocycles. The van der Waals surface area contributed by atoms with Crippen molar-refractivity contribution in [3.63, 3.8) is 0 Å². The summed E-state index contributed by atoms with van der Waals surface area (Å²) in [6, 6.07) is 7.99. The zero-order chi connectivity index (χ0) is 23.2. The molecule has 0 atom stereocenters. The molecule has 0 fully saturated rings. The Morgan fingerprint density at radius 1 is 0.969 bits per heavy atom. The number of H-pyrrole nitrogens is 2. The van der Waals surface area contributed by atoms with Crippen LogP contribution in [0.4, 0.5) is 11.4 Å². The summed E-state index contributed by atoms with van der Waals surface area (Å²) in [5.74, 6) is -3.61. The zero-order valence-corrected chi connectivity index (χ0v) is 17.3. The molecule has 1 aliphatic heterocycles. The Balaban J connectivity index is 1.67. The predicted octanol–water partition coefficient (Wildman–Crippen LogP) is 1.58. The van der Waals surface area contributed by atoms with E-state index in [9.17, 15) is 33.9 Å². The minimum absolute atomic E-state index is 0.0126. The summed E-state index contributed by atoms with van der Waals surface area (Å²) < 4.78 is 0.506. The quantitative estimate of drug-likeness (QED) is 0.395. The molecule has 2 aromatic carbocycles. The van der Waals surface area contributed by atoms with Crippen LogP contribution in [0.1, 0.15) is 41.4 Å². The van der Waals surface area contributed by atoms with Crippen LogP contribution in [0.25, 0.3) is 0 Å².